The second kappa shape index (κ2) is 7.68. The fourth-order valence-corrected chi connectivity index (χ4v) is 2.83. The van der Waals surface area contributed by atoms with Crippen molar-refractivity contribution in [2.45, 2.75) is 45.4 Å². The summed E-state index contributed by atoms with van der Waals surface area (Å²) in [4.78, 5) is 8.43. The van der Waals surface area contributed by atoms with Crippen LogP contribution < -0.4 is 10.1 Å². The maximum atomic E-state index is 5.86. The Balaban J connectivity index is 1.91. The van der Waals surface area contributed by atoms with Gasteiger partial charge in [0.1, 0.15) is 16.6 Å². The number of nitrogens with zero attached hydrogens (tertiary/aromatic N) is 2. The molecule has 0 spiro atoms. The predicted octanol–water partition coefficient (Wildman–Crippen LogP) is 4.02. The van der Waals surface area contributed by atoms with E-state index in [4.69, 9.17) is 4.74 Å². The smallest absolute Gasteiger partial charge is 0.233 e. The van der Waals surface area contributed by atoms with E-state index < -0.39 is 0 Å². The minimum Gasteiger partial charge on any atom is -0.476 e. The highest BCUT2D eigenvalue weighted by Gasteiger charge is 2.16. The third-order valence-electron chi connectivity index (χ3n) is 3.48. The van der Waals surface area contributed by atoms with Crippen LogP contribution in [-0.2, 0) is 0 Å². The molecule has 0 saturated heterocycles. The van der Waals surface area contributed by atoms with Crippen LogP contribution in [0.3, 0.4) is 0 Å². The lowest BCUT2D eigenvalue weighted by molar-refractivity contribution is 0.201. The second-order valence-electron chi connectivity index (χ2n) is 5.08. The third kappa shape index (κ3) is 4.34. The van der Waals surface area contributed by atoms with Crippen molar-refractivity contribution in [3.05, 3.63) is 10.8 Å². The highest BCUT2D eigenvalue weighted by molar-refractivity contribution is 9.10. The Morgan fingerprint density at radius 1 is 1.32 bits per heavy atom. The normalized spacial score (nSPS) is 16.3. The van der Waals surface area contributed by atoms with Gasteiger partial charge in [0.15, 0.2) is 0 Å². The fourth-order valence-electron chi connectivity index (χ4n) is 2.37. The van der Waals surface area contributed by atoms with E-state index in [0.717, 1.165) is 29.9 Å². The van der Waals surface area contributed by atoms with Crippen molar-refractivity contribution in [2.24, 2.45) is 5.92 Å². The summed E-state index contributed by atoms with van der Waals surface area (Å²) in [5.41, 5.74) is 0. The predicted molar refractivity (Wildman–Crippen MR) is 80.6 cm³/mol. The molecule has 1 aliphatic carbocycles. The Kier molecular flexibility index (Phi) is 5.89. The molecule has 106 valence electrons. The molecule has 0 aliphatic heterocycles. The first-order valence-corrected chi connectivity index (χ1v) is 7.97. The highest BCUT2D eigenvalue weighted by Crippen LogP contribution is 2.30. The van der Waals surface area contributed by atoms with Gasteiger partial charge < -0.3 is 10.1 Å². The van der Waals surface area contributed by atoms with Gasteiger partial charge in [-0.25, -0.2) is 9.97 Å². The van der Waals surface area contributed by atoms with Crippen LogP contribution in [0.1, 0.15) is 45.4 Å². The van der Waals surface area contributed by atoms with Crippen molar-refractivity contribution in [1.82, 2.24) is 9.97 Å². The minimum atomic E-state index is 0.652. The maximum Gasteiger partial charge on any atom is 0.233 e. The number of aromatic nitrogens is 2. The van der Waals surface area contributed by atoms with E-state index in [2.05, 4.69) is 38.1 Å². The molecule has 1 aromatic heterocycles. The lowest BCUT2D eigenvalue weighted by atomic mass is 9.90. The van der Waals surface area contributed by atoms with E-state index in [1.807, 2.05) is 0 Å². The summed E-state index contributed by atoms with van der Waals surface area (Å²) in [5, 5.41) is 3.26. The van der Waals surface area contributed by atoms with Crippen molar-refractivity contribution in [3.63, 3.8) is 0 Å². The number of rotatable bonds is 6. The zero-order chi connectivity index (χ0) is 13.5. The summed E-state index contributed by atoms with van der Waals surface area (Å²) in [6.45, 7) is 3.79. The van der Waals surface area contributed by atoms with Crippen molar-refractivity contribution in [2.75, 3.05) is 18.5 Å². The molecule has 0 atom stereocenters. The molecule has 0 aromatic carbocycles. The Morgan fingerprint density at radius 3 is 2.84 bits per heavy atom. The minimum absolute atomic E-state index is 0.652. The quantitative estimate of drug-likeness (QED) is 0.857. The van der Waals surface area contributed by atoms with Crippen LogP contribution in [-0.4, -0.2) is 23.1 Å². The van der Waals surface area contributed by atoms with Crippen molar-refractivity contribution >= 4 is 21.7 Å². The van der Waals surface area contributed by atoms with Gasteiger partial charge in [-0.3, -0.25) is 0 Å². The summed E-state index contributed by atoms with van der Waals surface area (Å²) < 4.78 is 6.69. The van der Waals surface area contributed by atoms with Gasteiger partial charge in [-0.15, -0.1) is 0 Å². The van der Waals surface area contributed by atoms with Gasteiger partial charge in [-0.05, 0) is 41.1 Å². The standard InChI is InChI=1S/C14H22BrN3O/c1-2-8-16-13-12(15)14(18-10-17-13)19-9-11-6-4-3-5-7-11/h10-11H,2-9H2,1H3,(H,16,17,18). The molecule has 1 heterocycles. The fraction of sp³-hybridized carbons (Fsp3) is 0.714. The van der Waals surface area contributed by atoms with Crippen LogP contribution in [0.2, 0.25) is 0 Å². The summed E-state index contributed by atoms with van der Waals surface area (Å²) >= 11 is 3.52. The largest absolute Gasteiger partial charge is 0.476 e. The Morgan fingerprint density at radius 2 is 2.11 bits per heavy atom. The third-order valence-corrected chi connectivity index (χ3v) is 4.20. The Labute approximate surface area is 123 Å². The topological polar surface area (TPSA) is 47.0 Å². The first-order valence-electron chi connectivity index (χ1n) is 7.18. The lowest BCUT2D eigenvalue weighted by Gasteiger charge is -2.21. The second-order valence-corrected chi connectivity index (χ2v) is 5.88. The molecule has 0 unspecified atom stereocenters. The molecule has 19 heavy (non-hydrogen) atoms. The van der Waals surface area contributed by atoms with Gasteiger partial charge in [-0.1, -0.05) is 26.2 Å². The zero-order valence-electron chi connectivity index (χ0n) is 11.5. The molecule has 0 radical (unpaired) electrons. The maximum absolute atomic E-state index is 5.86. The first-order chi connectivity index (χ1) is 9.31. The monoisotopic (exact) mass is 327 g/mol. The Hall–Kier alpha value is -0.840. The van der Waals surface area contributed by atoms with Crippen molar-refractivity contribution < 1.29 is 4.74 Å². The van der Waals surface area contributed by atoms with Crippen LogP contribution in [0.5, 0.6) is 5.88 Å². The van der Waals surface area contributed by atoms with E-state index in [0.29, 0.717) is 11.8 Å². The number of halogens is 1. The molecule has 1 N–H and O–H groups in total. The first kappa shape index (κ1) is 14.6. The summed E-state index contributed by atoms with van der Waals surface area (Å²) in [6, 6.07) is 0. The van der Waals surface area contributed by atoms with Gasteiger partial charge in [0.2, 0.25) is 5.88 Å². The van der Waals surface area contributed by atoms with Gasteiger partial charge >= 0.3 is 0 Å². The SMILES string of the molecule is CCCNc1ncnc(OCC2CCCCC2)c1Br. The average Bonchev–Trinajstić information content (AvgIpc) is 2.46. The molecular formula is C14H22BrN3O. The molecule has 1 aromatic rings. The Bertz CT molecular complexity index is 394. The number of nitrogens with one attached hydrogen (secondary N) is 1. The van der Waals surface area contributed by atoms with Crippen molar-refractivity contribution in [3.8, 4) is 5.88 Å². The van der Waals surface area contributed by atoms with E-state index >= 15 is 0 Å². The average molecular weight is 328 g/mol. The molecule has 1 saturated carbocycles. The van der Waals surface area contributed by atoms with Crippen LogP contribution in [0.25, 0.3) is 0 Å². The molecule has 5 heteroatoms. The molecule has 4 nitrogen and oxygen atoms in total. The van der Waals surface area contributed by atoms with Crippen molar-refractivity contribution in [1.29, 1.82) is 0 Å². The van der Waals surface area contributed by atoms with Gasteiger partial charge in [-0.2, -0.15) is 0 Å². The van der Waals surface area contributed by atoms with Gasteiger partial charge in [0, 0.05) is 6.54 Å². The van der Waals surface area contributed by atoms with E-state index in [1.165, 1.54) is 32.1 Å². The molecule has 0 amide bonds. The van der Waals surface area contributed by atoms with Crippen LogP contribution in [0.15, 0.2) is 10.8 Å². The molecule has 2 rings (SSSR count). The van der Waals surface area contributed by atoms with Crippen LogP contribution in [0, 0.1) is 5.92 Å². The zero-order valence-corrected chi connectivity index (χ0v) is 13.1. The van der Waals surface area contributed by atoms with Gasteiger partial charge in [0.05, 0.1) is 6.61 Å². The van der Waals surface area contributed by atoms with E-state index in [-0.39, 0.29) is 0 Å². The summed E-state index contributed by atoms with van der Waals surface area (Å²) in [5.74, 6) is 2.15. The highest BCUT2D eigenvalue weighted by atomic mass is 79.9. The molecule has 0 bridgehead atoms. The van der Waals surface area contributed by atoms with E-state index in [9.17, 15) is 0 Å². The van der Waals surface area contributed by atoms with Crippen LogP contribution >= 0.6 is 15.9 Å². The number of ether oxygens (including phenoxy) is 1. The number of anilines is 1. The number of hydrogen-bond donors (Lipinski definition) is 1. The number of hydrogen-bond acceptors (Lipinski definition) is 4. The van der Waals surface area contributed by atoms with E-state index in [1.54, 1.807) is 6.33 Å². The molecular weight excluding hydrogens is 306 g/mol. The summed E-state index contributed by atoms with van der Waals surface area (Å²) in [7, 11) is 0. The lowest BCUT2D eigenvalue weighted by Crippen LogP contribution is -2.16. The summed E-state index contributed by atoms with van der Waals surface area (Å²) in [6.07, 6.45) is 9.23. The molecule has 1 fully saturated rings. The molecule has 1 aliphatic rings. The van der Waals surface area contributed by atoms with Gasteiger partial charge in [0.25, 0.3) is 0 Å². The van der Waals surface area contributed by atoms with Crippen LogP contribution in [0.4, 0.5) is 5.82 Å².